The number of aliphatic hydroxyl groups excluding tert-OH is 1. The van der Waals surface area contributed by atoms with Crippen LogP contribution < -0.4 is 4.31 Å². The molecule has 112 valence electrons. The lowest BCUT2D eigenvalue weighted by molar-refractivity contribution is 0.180. The zero-order valence-corrected chi connectivity index (χ0v) is 12.7. The van der Waals surface area contributed by atoms with Crippen molar-refractivity contribution in [2.24, 2.45) is 0 Å². The van der Waals surface area contributed by atoms with Crippen LogP contribution in [0, 0.1) is 13.8 Å². The zero-order valence-electron chi connectivity index (χ0n) is 11.9. The lowest BCUT2D eigenvalue weighted by Crippen LogP contribution is -2.42. The van der Waals surface area contributed by atoms with Gasteiger partial charge in [0.2, 0.25) is 0 Å². The van der Waals surface area contributed by atoms with Gasteiger partial charge in [-0.1, -0.05) is 18.2 Å². The van der Waals surface area contributed by atoms with Crippen molar-refractivity contribution >= 4 is 15.7 Å². The minimum Gasteiger partial charge on any atom is -0.465 e. The number of anilines is 1. The van der Waals surface area contributed by atoms with Crippen LogP contribution in [0.4, 0.5) is 5.69 Å². The monoisotopic (exact) mass is 307 g/mol. The summed E-state index contributed by atoms with van der Waals surface area (Å²) < 4.78 is 32.4. The lowest BCUT2D eigenvalue weighted by Gasteiger charge is -2.32. The van der Waals surface area contributed by atoms with E-state index in [1.165, 1.54) is 10.4 Å². The molecule has 1 aliphatic rings. The van der Waals surface area contributed by atoms with Crippen LogP contribution in [-0.4, -0.2) is 26.2 Å². The number of aryl methyl sites for hydroxylation is 2. The van der Waals surface area contributed by atoms with E-state index < -0.39 is 16.1 Å². The van der Waals surface area contributed by atoms with Crippen molar-refractivity contribution in [2.75, 3.05) is 10.8 Å². The van der Waals surface area contributed by atoms with Crippen LogP contribution in [0.15, 0.2) is 39.6 Å². The average Bonchev–Trinajstić information content (AvgIpc) is 2.77. The Morgan fingerprint density at radius 3 is 2.67 bits per heavy atom. The summed E-state index contributed by atoms with van der Waals surface area (Å²) in [6.07, 6.45) is -0.242. The van der Waals surface area contributed by atoms with Gasteiger partial charge in [0.05, 0.1) is 18.3 Å². The largest absolute Gasteiger partial charge is 0.465 e. The number of rotatable bonds is 2. The number of aliphatic hydroxyl groups is 1. The lowest BCUT2D eigenvalue weighted by atomic mass is 10.0. The maximum atomic E-state index is 12.9. The van der Waals surface area contributed by atoms with Crippen molar-refractivity contribution in [3.8, 4) is 0 Å². The molecule has 21 heavy (non-hydrogen) atoms. The molecule has 2 aromatic rings. The minimum absolute atomic E-state index is 0.0585. The number of sulfonamides is 1. The molecule has 0 saturated heterocycles. The summed E-state index contributed by atoms with van der Waals surface area (Å²) in [7, 11) is -3.74. The molecule has 5 nitrogen and oxygen atoms in total. The SMILES string of the molecule is Cc1cc(S(=O)(=O)N2CC(O)Cc3ccccc32)c(C)o1. The molecule has 0 saturated carbocycles. The van der Waals surface area contributed by atoms with E-state index in [0.717, 1.165) is 5.56 Å². The summed E-state index contributed by atoms with van der Waals surface area (Å²) in [5.74, 6) is 0.918. The molecule has 0 spiro atoms. The van der Waals surface area contributed by atoms with Crippen LogP contribution in [0.5, 0.6) is 0 Å². The quantitative estimate of drug-likeness (QED) is 0.921. The number of nitrogens with zero attached hydrogens (tertiary/aromatic N) is 1. The number of hydrogen-bond acceptors (Lipinski definition) is 4. The molecule has 0 bridgehead atoms. The molecule has 6 heteroatoms. The van der Waals surface area contributed by atoms with Crippen LogP contribution in [0.25, 0.3) is 0 Å². The Bertz CT molecular complexity index is 779. The molecule has 1 N–H and O–H groups in total. The predicted octanol–water partition coefficient (Wildman–Crippen LogP) is 2.01. The van der Waals surface area contributed by atoms with E-state index in [2.05, 4.69) is 0 Å². The Balaban J connectivity index is 2.14. The van der Waals surface area contributed by atoms with Gasteiger partial charge in [-0.05, 0) is 25.5 Å². The molecule has 1 atom stereocenters. The van der Waals surface area contributed by atoms with E-state index >= 15 is 0 Å². The molecule has 0 aliphatic carbocycles. The van der Waals surface area contributed by atoms with Crippen LogP contribution in [0.2, 0.25) is 0 Å². The van der Waals surface area contributed by atoms with Gasteiger partial charge in [-0.15, -0.1) is 0 Å². The van der Waals surface area contributed by atoms with Gasteiger partial charge in [-0.2, -0.15) is 0 Å². The summed E-state index contributed by atoms with van der Waals surface area (Å²) in [6.45, 7) is 3.40. The second-order valence-corrected chi connectivity index (χ2v) is 7.13. The average molecular weight is 307 g/mol. The molecule has 0 radical (unpaired) electrons. The van der Waals surface area contributed by atoms with E-state index in [9.17, 15) is 13.5 Å². The number of furan rings is 1. The topological polar surface area (TPSA) is 70.8 Å². The van der Waals surface area contributed by atoms with Crippen molar-refractivity contribution in [1.82, 2.24) is 0 Å². The third kappa shape index (κ3) is 2.34. The van der Waals surface area contributed by atoms with Crippen molar-refractivity contribution < 1.29 is 17.9 Å². The molecule has 0 fully saturated rings. The number of hydrogen-bond donors (Lipinski definition) is 1. The van der Waals surface area contributed by atoms with Gasteiger partial charge in [0.1, 0.15) is 16.4 Å². The number of para-hydroxylation sites is 1. The molecular formula is C15H17NO4S. The first-order valence-electron chi connectivity index (χ1n) is 6.75. The van der Waals surface area contributed by atoms with Crippen LogP contribution >= 0.6 is 0 Å². The highest BCUT2D eigenvalue weighted by atomic mass is 32.2. The summed E-state index contributed by atoms with van der Waals surface area (Å²) in [6, 6.07) is 8.77. The van der Waals surface area contributed by atoms with Crippen molar-refractivity contribution in [2.45, 2.75) is 31.3 Å². The highest BCUT2D eigenvalue weighted by molar-refractivity contribution is 7.92. The van der Waals surface area contributed by atoms with Gasteiger partial charge in [0, 0.05) is 12.5 Å². The second kappa shape index (κ2) is 4.89. The second-order valence-electron chi connectivity index (χ2n) is 5.30. The van der Waals surface area contributed by atoms with Gasteiger partial charge < -0.3 is 9.52 Å². The highest BCUT2D eigenvalue weighted by Crippen LogP contribution is 2.33. The van der Waals surface area contributed by atoms with Crippen molar-refractivity contribution in [3.05, 3.63) is 47.4 Å². The molecular weight excluding hydrogens is 290 g/mol. The Labute approximate surface area is 123 Å². The third-order valence-electron chi connectivity index (χ3n) is 3.66. The zero-order chi connectivity index (χ0) is 15.2. The number of benzene rings is 1. The van der Waals surface area contributed by atoms with Crippen LogP contribution in [-0.2, 0) is 16.4 Å². The molecule has 0 amide bonds. The minimum atomic E-state index is -3.74. The number of β-amino-alcohol motifs (C(OH)–C–C–N with tert-alkyl or cyclic N) is 1. The van der Waals surface area contributed by atoms with Crippen molar-refractivity contribution in [1.29, 1.82) is 0 Å². The molecule has 1 unspecified atom stereocenters. The third-order valence-corrected chi connectivity index (χ3v) is 5.54. The first kappa shape index (κ1) is 14.2. The van der Waals surface area contributed by atoms with Crippen LogP contribution in [0.1, 0.15) is 17.1 Å². The highest BCUT2D eigenvalue weighted by Gasteiger charge is 2.34. The Morgan fingerprint density at radius 2 is 2.00 bits per heavy atom. The molecule has 1 aliphatic heterocycles. The fraction of sp³-hybridized carbons (Fsp3) is 0.333. The Morgan fingerprint density at radius 1 is 1.29 bits per heavy atom. The predicted molar refractivity (Wildman–Crippen MR) is 78.9 cm³/mol. The normalized spacial score (nSPS) is 18.6. The fourth-order valence-corrected chi connectivity index (χ4v) is 4.51. The Kier molecular flexibility index (Phi) is 3.30. The summed E-state index contributed by atoms with van der Waals surface area (Å²) in [5, 5.41) is 9.98. The van der Waals surface area contributed by atoms with E-state index in [4.69, 9.17) is 4.42 Å². The molecule has 2 heterocycles. The maximum absolute atomic E-state index is 12.9. The molecule has 1 aromatic carbocycles. The van der Waals surface area contributed by atoms with Gasteiger partial charge >= 0.3 is 0 Å². The summed E-state index contributed by atoms with van der Waals surface area (Å²) >= 11 is 0. The summed E-state index contributed by atoms with van der Waals surface area (Å²) in [4.78, 5) is 0.156. The van der Waals surface area contributed by atoms with Crippen molar-refractivity contribution in [3.63, 3.8) is 0 Å². The fourth-order valence-electron chi connectivity index (χ4n) is 2.74. The van der Waals surface area contributed by atoms with E-state index in [-0.39, 0.29) is 11.4 Å². The van der Waals surface area contributed by atoms with Gasteiger partial charge in [-0.3, -0.25) is 4.31 Å². The number of fused-ring (bicyclic) bond motifs is 1. The van der Waals surface area contributed by atoms with E-state index in [1.807, 2.05) is 12.1 Å². The standard InChI is InChI=1S/C15H17NO4S/c1-10-7-15(11(2)20-10)21(18,19)16-9-13(17)8-12-5-3-4-6-14(12)16/h3-7,13,17H,8-9H2,1-2H3. The molecule has 3 rings (SSSR count). The Hall–Kier alpha value is -1.79. The van der Waals surface area contributed by atoms with E-state index in [0.29, 0.717) is 23.6 Å². The first-order valence-corrected chi connectivity index (χ1v) is 8.19. The van der Waals surface area contributed by atoms with Crippen LogP contribution in [0.3, 0.4) is 0 Å². The maximum Gasteiger partial charge on any atom is 0.267 e. The van der Waals surface area contributed by atoms with Gasteiger partial charge in [0.25, 0.3) is 10.0 Å². The first-order chi connectivity index (χ1) is 9.89. The van der Waals surface area contributed by atoms with E-state index in [1.54, 1.807) is 26.0 Å². The molecule has 1 aromatic heterocycles. The van der Waals surface area contributed by atoms with Gasteiger partial charge in [-0.25, -0.2) is 8.42 Å². The van der Waals surface area contributed by atoms with Gasteiger partial charge in [0.15, 0.2) is 0 Å². The smallest absolute Gasteiger partial charge is 0.267 e. The summed E-state index contributed by atoms with van der Waals surface area (Å²) in [5.41, 5.74) is 1.46.